The molecule has 0 fully saturated rings. The van der Waals surface area contributed by atoms with Crippen molar-refractivity contribution >= 4 is 11.9 Å². The lowest BCUT2D eigenvalue weighted by atomic mass is 10.0. The Balaban J connectivity index is 3.37. The maximum absolute atomic E-state index is 12.3. The number of esters is 2. The summed E-state index contributed by atoms with van der Waals surface area (Å²) in [7, 11) is 0. The summed E-state index contributed by atoms with van der Waals surface area (Å²) < 4.78 is 10.7. The van der Waals surface area contributed by atoms with E-state index in [4.69, 9.17) is 9.47 Å². The Bertz CT molecular complexity index is 1080. The molecule has 0 aliphatic rings. The summed E-state index contributed by atoms with van der Waals surface area (Å²) in [6.45, 7) is 4.18. The van der Waals surface area contributed by atoms with E-state index in [0.717, 1.165) is 38.5 Å². The molecule has 1 atom stereocenters. The number of unbranched alkanes of at least 4 members (excludes halogenated alkanes) is 49. The van der Waals surface area contributed by atoms with E-state index < -0.39 is 6.10 Å². The van der Waals surface area contributed by atoms with Crippen molar-refractivity contribution in [1.82, 2.24) is 0 Å². The normalized spacial score (nSPS) is 12.2. The molecule has 0 saturated heterocycles. The highest BCUT2D eigenvalue weighted by atomic mass is 16.6. The van der Waals surface area contributed by atoms with Gasteiger partial charge in [0.2, 0.25) is 0 Å². The Hall–Kier alpha value is -1.62. The second-order valence-electron chi connectivity index (χ2n) is 22.2. The Morgan fingerprint density at radius 1 is 0.324 bits per heavy atom. The zero-order chi connectivity index (χ0) is 51.3. The predicted molar refractivity (Wildman–Crippen MR) is 311 cm³/mol. The van der Waals surface area contributed by atoms with Crippen molar-refractivity contribution in [3.63, 3.8) is 0 Å². The number of hydrogen-bond donors (Lipinski definition) is 1. The monoisotopic (exact) mass is 999 g/mol. The van der Waals surface area contributed by atoms with Crippen LogP contribution in [0.5, 0.6) is 0 Å². The van der Waals surface area contributed by atoms with Crippen molar-refractivity contribution in [3.05, 3.63) is 24.3 Å². The van der Waals surface area contributed by atoms with Gasteiger partial charge in [-0.15, -0.1) is 0 Å². The van der Waals surface area contributed by atoms with Crippen LogP contribution in [0, 0.1) is 0 Å². The van der Waals surface area contributed by atoms with E-state index in [-0.39, 0.29) is 25.2 Å². The number of rotatable bonds is 61. The largest absolute Gasteiger partial charge is 0.462 e. The van der Waals surface area contributed by atoms with Gasteiger partial charge >= 0.3 is 11.9 Å². The highest BCUT2D eigenvalue weighted by Crippen LogP contribution is 2.19. The van der Waals surface area contributed by atoms with Gasteiger partial charge in [0.15, 0.2) is 6.10 Å². The van der Waals surface area contributed by atoms with Crippen LogP contribution < -0.4 is 0 Å². The number of allylic oxidation sites excluding steroid dienone is 4. The Morgan fingerprint density at radius 3 is 0.831 bits per heavy atom. The molecule has 0 aromatic rings. The van der Waals surface area contributed by atoms with Gasteiger partial charge < -0.3 is 14.6 Å². The Morgan fingerprint density at radius 2 is 0.563 bits per heavy atom. The van der Waals surface area contributed by atoms with Crippen molar-refractivity contribution in [2.75, 3.05) is 13.2 Å². The molecule has 0 radical (unpaired) electrons. The summed E-state index contributed by atoms with van der Waals surface area (Å²) in [5.74, 6) is -0.575. The number of ether oxygens (including phenoxy) is 2. The maximum Gasteiger partial charge on any atom is 0.306 e. The summed E-state index contributed by atoms with van der Waals surface area (Å²) in [6.07, 6.45) is 80.6. The fourth-order valence-corrected chi connectivity index (χ4v) is 10.1. The van der Waals surface area contributed by atoms with Crippen LogP contribution in [0.15, 0.2) is 24.3 Å². The minimum absolute atomic E-state index is 0.0618. The molecule has 1 unspecified atom stereocenters. The molecular formula is C66H126O5. The maximum atomic E-state index is 12.3. The van der Waals surface area contributed by atoms with Gasteiger partial charge in [-0.1, -0.05) is 334 Å². The third-order valence-electron chi connectivity index (χ3n) is 15.0. The summed E-state index contributed by atoms with van der Waals surface area (Å²) in [6, 6.07) is 0. The van der Waals surface area contributed by atoms with Crippen LogP contribution in [0.25, 0.3) is 0 Å². The van der Waals surface area contributed by atoms with Crippen molar-refractivity contribution in [1.29, 1.82) is 0 Å². The lowest BCUT2D eigenvalue weighted by molar-refractivity contribution is -0.161. The zero-order valence-electron chi connectivity index (χ0n) is 48.3. The molecule has 0 heterocycles. The highest BCUT2D eigenvalue weighted by molar-refractivity contribution is 5.70. The number of aliphatic hydroxyl groups excluding tert-OH is 1. The molecule has 0 aliphatic carbocycles. The summed E-state index contributed by atoms with van der Waals surface area (Å²) in [4.78, 5) is 24.6. The minimum Gasteiger partial charge on any atom is -0.462 e. The van der Waals surface area contributed by atoms with E-state index in [0.29, 0.717) is 12.8 Å². The molecule has 0 rings (SSSR count). The van der Waals surface area contributed by atoms with Gasteiger partial charge in [-0.3, -0.25) is 9.59 Å². The summed E-state index contributed by atoms with van der Waals surface area (Å²) in [5.41, 5.74) is 0. The number of aliphatic hydroxyl groups is 1. The number of carbonyl (C=O) groups excluding carboxylic acids is 2. The first-order chi connectivity index (χ1) is 35.1. The molecule has 0 aromatic heterocycles. The topological polar surface area (TPSA) is 72.8 Å². The van der Waals surface area contributed by atoms with Crippen LogP contribution in [0.2, 0.25) is 0 Å². The third kappa shape index (κ3) is 60.8. The van der Waals surface area contributed by atoms with Crippen LogP contribution in [0.3, 0.4) is 0 Å². The van der Waals surface area contributed by atoms with Gasteiger partial charge in [-0.05, 0) is 44.9 Å². The average Bonchev–Trinajstić information content (AvgIpc) is 3.37. The quantitative estimate of drug-likeness (QED) is 0.0373. The lowest BCUT2D eigenvalue weighted by Crippen LogP contribution is -2.28. The van der Waals surface area contributed by atoms with Crippen LogP contribution >= 0.6 is 0 Å². The van der Waals surface area contributed by atoms with Gasteiger partial charge in [0.05, 0.1) is 6.61 Å². The number of hydrogen-bond acceptors (Lipinski definition) is 5. The average molecular weight is 1000 g/mol. The highest BCUT2D eigenvalue weighted by Gasteiger charge is 2.16. The zero-order valence-corrected chi connectivity index (χ0v) is 48.3. The first kappa shape index (κ1) is 69.4. The summed E-state index contributed by atoms with van der Waals surface area (Å²) in [5, 5.41) is 9.67. The standard InChI is InChI=1S/C66H126O5/c1-3-5-7-9-11-13-15-17-19-21-23-25-26-27-28-29-30-31-32-33-34-35-36-37-38-39-41-42-44-46-48-50-52-54-56-58-60-65(68)70-63-64(62-67)71-66(69)61-59-57-55-53-51-49-47-45-43-40-24-22-20-18-16-14-12-10-8-6-4-2/h16,18,22,24,64,67H,3-15,17,19-21,23,25-63H2,1-2H3/b18-16-,24-22-. The first-order valence-electron chi connectivity index (χ1n) is 32.4. The second kappa shape index (κ2) is 62.7. The van der Waals surface area contributed by atoms with Crippen LogP contribution in [-0.2, 0) is 19.1 Å². The van der Waals surface area contributed by atoms with Gasteiger partial charge in [-0.25, -0.2) is 0 Å². The van der Waals surface area contributed by atoms with Crippen LogP contribution in [-0.4, -0.2) is 36.4 Å². The smallest absolute Gasteiger partial charge is 0.306 e. The van der Waals surface area contributed by atoms with E-state index >= 15 is 0 Å². The molecule has 0 aliphatic heterocycles. The Labute approximate surface area is 444 Å². The fourth-order valence-electron chi connectivity index (χ4n) is 10.1. The second-order valence-corrected chi connectivity index (χ2v) is 22.2. The molecule has 71 heavy (non-hydrogen) atoms. The van der Waals surface area contributed by atoms with Crippen molar-refractivity contribution in [3.8, 4) is 0 Å². The minimum atomic E-state index is -0.772. The molecule has 5 nitrogen and oxygen atoms in total. The lowest BCUT2D eigenvalue weighted by Gasteiger charge is -2.15. The van der Waals surface area contributed by atoms with E-state index in [1.165, 1.54) is 302 Å². The fraction of sp³-hybridized carbons (Fsp3) is 0.909. The van der Waals surface area contributed by atoms with Crippen molar-refractivity contribution in [2.24, 2.45) is 0 Å². The molecule has 0 aromatic carbocycles. The van der Waals surface area contributed by atoms with E-state index in [9.17, 15) is 14.7 Å². The molecule has 1 N–H and O–H groups in total. The molecule has 0 amide bonds. The molecule has 420 valence electrons. The van der Waals surface area contributed by atoms with Gasteiger partial charge in [0.25, 0.3) is 0 Å². The van der Waals surface area contributed by atoms with Crippen molar-refractivity contribution < 1.29 is 24.2 Å². The summed E-state index contributed by atoms with van der Waals surface area (Å²) >= 11 is 0. The van der Waals surface area contributed by atoms with Crippen LogP contribution in [0.4, 0.5) is 0 Å². The third-order valence-corrected chi connectivity index (χ3v) is 15.0. The van der Waals surface area contributed by atoms with Gasteiger partial charge in [0, 0.05) is 12.8 Å². The first-order valence-corrected chi connectivity index (χ1v) is 32.4. The van der Waals surface area contributed by atoms with E-state index in [2.05, 4.69) is 38.2 Å². The van der Waals surface area contributed by atoms with E-state index in [1.54, 1.807) is 0 Å². The molecule has 0 saturated carbocycles. The molecular weight excluding hydrogens is 873 g/mol. The SMILES string of the molecule is CCCCCCC/C=C\C/C=C\CCCCCCCCCCCC(=O)OC(CO)COC(=O)CCCCCCCCCCCCCCCCCCCCCCCCCCCCCCCCCCCCCC. The number of carbonyl (C=O) groups is 2. The van der Waals surface area contributed by atoms with Crippen molar-refractivity contribution in [2.45, 2.75) is 373 Å². The predicted octanol–water partition coefficient (Wildman–Crippen LogP) is 22.0. The molecule has 0 bridgehead atoms. The Kier molecular flexibility index (Phi) is 61.2. The molecule has 5 heteroatoms. The van der Waals surface area contributed by atoms with E-state index in [1.807, 2.05) is 0 Å². The molecule has 0 spiro atoms. The van der Waals surface area contributed by atoms with Gasteiger partial charge in [-0.2, -0.15) is 0 Å². The van der Waals surface area contributed by atoms with Crippen LogP contribution in [0.1, 0.15) is 367 Å². The van der Waals surface area contributed by atoms with Gasteiger partial charge in [0.1, 0.15) is 6.61 Å².